The van der Waals surface area contributed by atoms with E-state index in [0.29, 0.717) is 44.5 Å². The molecule has 7 rings (SSSR count). The molecule has 0 bridgehead atoms. The summed E-state index contributed by atoms with van der Waals surface area (Å²) in [5, 5.41) is 45.6. The van der Waals surface area contributed by atoms with Crippen molar-refractivity contribution in [2.75, 3.05) is 24.3 Å². The summed E-state index contributed by atoms with van der Waals surface area (Å²) in [6, 6.07) is 2.87. The molecule has 1 aliphatic carbocycles. The number of unbranched alkanes of at least 4 members (excludes halogenated alkanes) is 6. The first-order valence-electron chi connectivity index (χ1n) is 18.1. The molecule has 2 aliphatic rings. The fourth-order valence-electron chi connectivity index (χ4n) is 8.99. The van der Waals surface area contributed by atoms with E-state index in [1.165, 1.54) is 44.9 Å². The molecule has 0 fully saturated rings. The predicted molar refractivity (Wildman–Crippen MR) is 201 cm³/mol. The molecule has 5 N–H and O–H groups in total. The molecule has 0 aromatic heterocycles. The Labute approximate surface area is 286 Å². The molecule has 0 radical (unpaired) electrons. The zero-order chi connectivity index (χ0) is 34.6. The summed E-state index contributed by atoms with van der Waals surface area (Å²) in [6.07, 6.45) is 13.8. The predicted octanol–water partition coefficient (Wildman–Crippen LogP) is 8.07. The molecule has 1 heterocycles. The average Bonchev–Trinajstić information content (AvgIpc) is 3.24. The number of hydrogen-bond acceptors (Lipinski definition) is 8. The largest absolute Gasteiger partial charge is 0.504 e. The SMILES string of the molecule is CCCCCCC1(CCCCCC)CNc2c(c3c(=O)cc(CO)c4c5c(CO)cc(=O)c6c(O)c(OC)c7c(c(c2C=C(C)C7)c34)c65)N1. The number of benzene rings is 5. The number of aliphatic hydroxyl groups excluding tert-OH is 2. The lowest BCUT2D eigenvalue weighted by Crippen LogP contribution is -2.48. The summed E-state index contributed by atoms with van der Waals surface area (Å²) < 4.78 is 5.83. The van der Waals surface area contributed by atoms with Crippen LogP contribution in [-0.2, 0) is 19.6 Å². The average molecular weight is 665 g/mol. The van der Waals surface area contributed by atoms with Crippen LogP contribution in [0.25, 0.3) is 49.2 Å². The molecule has 0 atom stereocenters. The first-order valence-corrected chi connectivity index (χ1v) is 18.1. The number of rotatable bonds is 13. The van der Waals surface area contributed by atoms with Crippen LogP contribution in [0, 0.1) is 0 Å². The lowest BCUT2D eigenvalue weighted by atomic mass is 9.79. The molecule has 0 amide bonds. The maximum Gasteiger partial charge on any atom is 0.190 e. The summed E-state index contributed by atoms with van der Waals surface area (Å²) in [4.78, 5) is 28.1. The summed E-state index contributed by atoms with van der Waals surface area (Å²) in [5.74, 6) is 0.00440. The molecule has 258 valence electrons. The number of methoxy groups -OCH3 is 1. The van der Waals surface area contributed by atoms with Crippen molar-refractivity contribution in [3.05, 3.63) is 60.4 Å². The van der Waals surface area contributed by atoms with Crippen molar-refractivity contribution in [2.45, 2.75) is 110 Å². The van der Waals surface area contributed by atoms with Gasteiger partial charge in [0.25, 0.3) is 0 Å². The van der Waals surface area contributed by atoms with Gasteiger partial charge in [-0.15, -0.1) is 0 Å². The lowest BCUT2D eigenvalue weighted by Gasteiger charge is -2.42. The zero-order valence-electron chi connectivity index (χ0n) is 29.2. The van der Waals surface area contributed by atoms with Gasteiger partial charge in [0.05, 0.1) is 48.0 Å². The fourth-order valence-corrected chi connectivity index (χ4v) is 8.99. The standard InChI is InChI=1S/C41H48N2O6/c1-5-7-9-11-13-41(14-12-10-8-6-2)21-42-37-25-15-22(3)16-26-32-31(25)35-29(23(19-44)17-27(46)33(35)38(37)43-41)30-24(20-45)18-28(47)34(36(30)32)39(48)40(26)49-4/h15,17-18,42-45,48H,5-14,16,19-21H2,1-4H3. The number of aromatic hydroxyl groups is 1. The molecule has 8 heteroatoms. The third kappa shape index (κ3) is 5.09. The molecule has 49 heavy (non-hydrogen) atoms. The number of fused-ring (bicyclic) bond motifs is 4. The van der Waals surface area contributed by atoms with Crippen LogP contribution in [0.15, 0.2) is 27.3 Å². The maximum atomic E-state index is 14.4. The van der Waals surface area contributed by atoms with Gasteiger partial charge in [-0.25, -0.2) is 0 Å². The van der Waals surface area contributed by atoms with Gasteiger partial charge in [-0.2, -0.15) is 0 Å². The van der Waals surface area contributed by atoms with E-state index < -0.39 is 18.6 Å². The van der Waals surface area contributed by atoms with Gasteiger partial charge in [0.1, 0.15) is 0 Å². The van der Waals surface area contributed by atoms with Crippen LogP contribution in [-0.4, -0.2) is 34.5 Å². The molecule has 8 nitrogen and oxygen atoms in total. The van der Waals surface area contributed by atoms with Crippen molar-refractivity contribution in [1.82, 2.24) is 0 Å². The number of anilines is 2. The molecule has 5 aromatic carbocycles. The molecule has 0 unspecified atom stereocenters. The van der Waals surface area contributed by atoms with Crippen LogP contribution >= 0.6 is 0 Å². The number of hydrogen-bond donors (Lipinski definition) is 5. The van der Waals surface area contributed by atoms with Gasteiger partial charge in [-0.05, 0) is 65.6 Å². The Hall–Kier alpha value is -4.14. The van der Waals surface area contributed by atoms with Crippen LogP contribution < -0.4 is 26.2 Å². The minimum Gasteiger partial charge on any atom is -0.504 e. The van der Waals surface area contributed by atoms with Gasteiger partial charge in [-0.3, -0.25) is 9.59 Å². The highest BCUT2D eigenvalue weighted by Crippen LogP contribution is 2.55. The van der Waals surface area contributed by atoms with E-state index in [1.807, 2.05) is 6.92 Å². The minimum atomic E-state index is -0.420. The summed E-state index contributed by atoms with van der Waals surface area (Å²) in [7, 11) is 1.49. The first kappa shape index (κ1) is 33.4. The Balaban J connectivity index is 1.65. The molecule has 0 spiro atoms. The van der Waals surface area contributed by atoms with Crippen molar-refractivity contribution in [3.8, 4) is 11.5 Å². The third-order valence-corrected chi connectivity index (χ3v) is 11.2. The second-order valence-corrected chi connectivity index (χ2v) is 14.5. The number of phenolic OH excluding ortho intramolecular Hbond substituents is 1. The number of nitrogens with one attached hydrogen (secondary N) is 2. The highest BCUT2D eigenvalue weighted by Gasteiger charge is 2.38. The number of ether oxygens (including phenoxy) is 1. The Morgan fingerprint density at radius 1 is 0.755 bits per heavy atom. The van der Waals surface area contributed by atoms with Gasteiger partial charge in [0.15, 0.2) is 22.4 Å². The third-order valence-electron chi connectivity index (χ3n) is 11.2. The van der Waals surface area contributed by atoms with Crippen molar-refractivity contribution in [2.24, 2.45) is 0 Å². The van der Waals surface area contributed by atoms with E-state index in [0.717, 1.165) is 83.9 Å². The Morgan fingerprint density at radius 3 is 1.92 bits per heavy atom. The summed E-state index contributed by atoms with van der Waals surface area (Å²) >= 11 is 0. The van der Waals surface area contributed by atoms with Crippen molar-refractivity contribution >= 4 is 60.5 Å². The van der Waals surface area contributed by atoms with Crippen molar-refractivity contribution in [1.29, 1.82) is 0 Å². The van der Waals surface area contributed by atoms with Crippen LogP contribution in [0.2, 0.25) is 0 Å². The van der Waals surface area contributed by atoms with E-state index in [2.05, 4.69) is 30.6 Å². The van der Waals surface area contributed by atoms with Gasteiger partial charge in [0.2, 0.25) is 0 Å². The van der Waals surface area contributed by atoms with E-state index in [-0.39, 0.29) is 27.9 Å². The molecule has 0 saturated carbocycles. The lowest BCUT2D eigenvalue weighted by molar-refractivity contribution is 0.282. The van der Waals surface area contributed by atoms with Crippen LogP contribution in [0.4, 0.5) is 11.4 Å². The molecular formula is C41H48N2O6. The van der Waals surface area contributed by atoms with Gasteiger partial charge in [-0.1, -0.05) is 76.9 Å². The van der Waals surface area contributed by atoms with Crippen LogP contribution in [0.3, 0.4) is 0 Å². The van der Waals surface area contributed by atoms with Crippen LogP contribution in [0.5, 0.6) is 11.5 Å². The Bertz CT molecular complexity index is 2230. The minimum absolute atomic E-state index is 0.115. The molecule has 1 aliphatic heterocycles. The van der Waals surface area contributed by atoms with Gasteiger partial charge in [0, 0.05) is 33.8 Å². The molecule has 5 aromatic rings. The second kappa shape index (κ2) is 13.0. The normalized spacial score (nSPS) is 15.2. The van der Waals surface area contributed by atoms with E-state index in [9.17, 15) is 24.9 Å². The van der Waals surface area contributed by atoms with Gasteiger partial charge >= 0.3 is 0 Å². The zero-order valence-corrected chi connectivity index (χ0v) is 29.2. The smallest absolute Gasteiger partial charge is 0.190 e. The number of phenols is 1. The van der Waals surface area contributed by atoms with Crippen LogP contribution in [0.1, 0.15) is 107 Å². The fraction of sp³-hybridized carbons (Fsp3) is 0.463. The van der Waals surface area contributed by atoms with E-state index in [4.69, 9.17) is 4.74 Å². The second-order valence-electron chi connectivity index (χ2n) is 14.5. The topological polar surface area (TPSA) is 128 Å². The number of aliphatic hydroxyl groups is 2. The monoisotopic (exact) mass is 664 g/mol. The highest BCUT2D eigenvalue weighted by atomic mass is 16.5. The Morgan fingerprint density at radius 2 is 1.35 bits per heavy atom. The summed E-state index contributed by atoms with van der Waals surface area (Å²) in [5.41, 5.74) is 4.29. The maximum absolute atomic E-state index is 14.4. The summed E-state index contributed by atoms with van der Waals surface area (Å²) in [6.45, 7) is 6.39. The Kier molecular flexibility index (Phi) is 8.82. The molecular weight excluding hydrogens is 616 g/mol. The molecule has 0 saturated heterocycles. The van der Waals surface area contributed by atoms with Crippen molar-refractivity contribution < 1.29 is 20.1 Å². The van der Waals surface area contributed by atoms with Gasteiger partial charge < -0.3 is 30.7 Å². The van der Waals surface area contributed by atoms with E-state index in [1.54, 1.807) is 0 Å². The highest BCUT2D eigenvalue weighted by molar-refractivity contribution is 6.39. The quantitative estimate of drug-likeness (QED) is 0.0486. The number of allylic oxidation sites excluding steroid dienone is 1. The first-order chi connectivity index (χ1) is 23.7. The van der Waals surface area contributed by atoms with E-state index >= 15 is 0 Å². The van der Waals surface area contributed by atoms with Crippen molar-refractivity contribution in [3.63, 3.8) is 0 Å².